The summed E-state index contributed by atoms with van der Waals surface area (Å²) in [6.07, 6.45) is 12.4. The minimum atomic E-state index is -0.674. The van der Waals surface area contributed by atoms with Crippen LogP contribution in [0.3, 0.4) is 0 Å². The summed E-state index contributed by atoms with van der Waals surface area (Å²) in [6, 6.07) is 0. The molecule has 0 aromatic heterocycles. The number of hydrogen-bond donors (Lipinski definition) is 4. The van der Waals surface area contributed by atoms with Gasteiger partial charge in [-0.1, -0.05) is 31.8 Å². The first-order chi connectivity index (χ1) is 10.5. The molecule has 0 aliphatic rings. The number of carboxylic acids is 1. The molecule has 0 spiro atoms. The lowest BCUT2D eigenvalue weighted by Gasteiger charge is -1.98. The Morgan fingerprint density at radius 1 is 0.864 bits per heavy atom. The van der Waals surface area contributed by atoms with Crippen LogP contribution in [-0.2, 0) is 19.2 Å². The number of carboxylic acid groups (broad SMARTS) is 1. The van der Waals surface area contributed by atoms with Gasteiger partial charge in [0.2, 0.25) is 18.2 Å². The minimum Gasteiger partial charge on any atom is -0.481 e. The summed E-state index contributed by atoms with van der Waals surface area (Å²) in [4.78, 5) is 35.2. The SMILES string of the molecule is C=CCCCCCCCCC(=O)O.N=C=O.N=C=O.N=C=O. The highest BCUT2D eigenvalue weighted by Gasteiger charge is 1.95. The van der Waals surface area contributed by atoms with E-state index in [1.54, 1.807) is 0 Å². The van der Waals surface area contributed by atoms with Gasteiger partial charge in [0.15, 0.2) is 0 Å². The van der Waals surface area contributed by atoms with Gasteiger partial charge in [-0.05, 0) is 19.3 Å². The number of aliphatic carboxylic acids is 1. The van der Waals surface area contributed by atoms with Crippen molar-refractivity contribution >= 4 is 24.2 Å². The summed E-state index contributed by atoms with van der Waals surface area (Å²) >= 11 is 0. The fourth-order valence-corrected chi connectivity index (χ4v) is 1.27. The molecule has 4 N–H and O–H groups in total. The van der Waals surface area contributed by atoms with Crippen LogP contribution in [0.5, 0.6) is 0 Å². The monoisotopic (exact) mass is 313 g/mol. The number of nitrogens with one attached hydrogen (secondary N) is 3. The first-order valence-corrected chi connectivity index (χ1v) is 6.46. The number of hydrogen-bond acceptors (Lipinski definition) is 7. The maximum atomic E-state index is 10.2. The topological polar surface area (TPSA) is 160 Å². The van der Waals surface area contributed by atoms with Gasteiger partial charge in [-0.15, -0.1) is 6.58 Å². The van der Waals surface area contributed by atoms with E-state index in [1.165, 1.54) is 25.7 Å². The van der Waals surface area contributed by atoms with E-state index >= 15 is 0 Å². The minimum absolute atomic E-state index is 0.326. The largest absolute Gasteiger partial charge is 0.481 e. The highest BCUT2D eigenvalue weighted by Crippen LogP contribution is 2.08. The Bertz CT molecular complexity index is 323. The van der Waals surface area contributed by atoms with Gasteiger partial charge >= 0.3 is 5.97 Å². The van der Waals surface area contributed by atoms with Crippen molar-refractivity contribution in [3.05, 3.63) is 12.7 Å². The third-order valence-electron chi connectivity index (χ3n) is 2.05. The third-order valence-corrected chi connectivity index (χ3v) is 2.05. The first-order valence-electron chi connectivity index (χ1n) is 6.46. The van der Waals surface area contributed by atoms with E-state index in [0.29, 0.717) is 6.42 Å². The van der Waals surface area contributed by atoms with Gasteiger partial charge in [-0.3, -0.25) is 4.79 Å². The summed E-state index contributed by atoms with van der Waals surface area (Å²) < 4.78 is 0. The molecule has 0 aromatic rings. The normalized spacial score (nSPS) is 6.91. The van der Waals surface area contributed by atoms with E-state index < -0.39 is 5.97 Å². The molecule has 0 atom stereocenters. The number of unbranched alkanes of at least 4 members (excludes halogenated alkanes) is 6. The summed E-state index contributed by atoms with van der Waals surface area (Å²) in [5.74, 6) is -0.674. The van der Waals surface area contributed by atoms with E-state index in [0.717, 1.165) is 37.5 Å². The smallest absolute Gasteiger partial charge is 0.303 e. The summed E-state index contributed by atoms with van der Waals surface area (Å²) in [6.45, 7) is 3.66. The molecule has 0 rings (SSSR count). The number of carbonyl (C=O) groups is 1. The average Bonchev–Trinajstić information content (AvgIpc) is 2.44. The van der Waals surface area contributed by atoms with Gasteiger partial charge in [0.1, 0.15) is 0 Å². The molecule has 0 saturated carbocycles. The number of isocyanates is 3. The maximum absolute atomic E-state index is 10.2. The van der Waals surface area contributed by atoms with Crippen molar-refractivity contribution in [1.29, 1.82) is 16.2 Å². The molecular weight excluding hydrogens is 290 g/mol. The molecule has 0 amide bonds. The van der Waals surface area contributed by atoms with Crippen LogP contribution in [0.25, 0.3) is 0 Å². The Morgan fingerprint density at radius 2 is 1.18 bits per heavy atom. The van der Waals surface area contributed by atoms with Crippen LogP contribution < -0.4 is 0 Å². The third kappa shape index (κ3) is 85.9. The van der Waals surface area contributed by atoms with Crippen LogP contribution in [0.15, 0.2) is 12.7 Å². The lowest BCUT2D eigenvalue weighted by Crippen LogP contribution is -1.93. The second-order valence-electron chi connectivity index (χ2n) is 3.65. The predicted octanol–water partition coefficient (Wildman–Crippen LogP) is 3.08. The Morgan fingerprint density at radius 3 is 1.50 bits per heavy atom. The van der Waals surface area contributed by atoms with Crippen LogP contribution in [-0.4, -0.2) is 29.3 Å². The lowest BCUT2D eigenvalue weighted by atomic mass is 10.1. The Hall–Kier alpha value is -2.65. The van der Waals surface area contributed by atoms with Crippen LogP contribution >= 0.6 is 0 Å². The van der Waals surface area contributed by atoms with E-state index in [1.807, 2.05) is 6.08 Å². The van der Waals surface area contributed by atoms with Crippen molar-refractivity contribution in [3.8, 4) is 0 Å². The molecule has 124 valence electrons. The molecule has 0 bridgehead atoms. The van der Waals surface area contributed by atoms with Crippen molar-refractivity contribution < 1.29 is 24.3 Å². The van der Waals surface area contributed by atoms with Gasteiger partial charge in [0, 0.05) is 6.42 Å². The van der Waals surface area contributed by atoms with Crippen LogP contribution in [0, 0.1) is 16.2 Å². The van der Waals surface area contributed by atoms with E-state index in [2.05, 4.69) is 6.58 Å². The fourth-order valence-electron chi connectivity index (χ4n) is 1.27. The van der Waals surface area contributed by atoms with Crippen molar-refractivity contribution in [3.63, 3.8) is 0 Å². The predicted molar refractivity (Wildman–Crippen MR) is 80.0 cm³/mol. The molecule has 0 unspecified atom stereocenters. The van der Waals surface area contributed by atoms with Crippen molar-refractivity contribution in [1.82, 2.24) is 0 Å². The van der Waals surface area contributed by atoms with Crippen LogP contribution in [0.1, 0.15) is 51.4 Å². The number of rotatable bonds is 9. The molecule has 8 heteroatoms. The van der Waals surface area contributed by atoms with E-state index in [9.17, 15) is 4.79 Å². The van der Waals surface area contributed by atoms with Crippen LogP contribution in [0.4, 0.5) is 0 Å². The molecular formula is C14H23N3O5. The van der Waals surface area contributed by atoms with Crippen LogP contribution in [0.2, 0.25) is 0 Å². The van der Waals surface area contributed by atoms with Crippen molar-refractivity contribution in [2.75, 3.05) is 0 Å². The molecule has 0 radical (unpaired) electrons. The van der Waals surface area contributed by atoms with Crippen molar-refractivity contribution in [2.24, 2.45) is 0 Å². The second kappa shape index (κ2) is 36.2. The second-order valence-corrected chi connectivity index (χ2v) is 3.65. The number of carbonyl (C=O) groups excluding carboxylic acids is 3. The maximum Gasteiger partial charge on any atom is 0.303 e. The fraction of sp³-hybridized carbons (Fsp3) is 0.571. The molecule has 0 aliphatic carbocycles. The van der Waals surface area contributed by atoms with Gasteiger partial charge in [0.05, 0.1) is 0 Å². The zero-order valence-corrected chi connectivity index (χ0v) is 12.5. The molecule has 0 aromatic carbocycles. The molecule has 8 nitrogen and oxygen atoms in total. The lowest BCUT2D eigenvalue weighted by molar-refractivity contribution is -0.137. The standard InChI is InChI=1S/C11H20O2.3CHNO/c1-2-3-4-5-6-7-8-9-10-11(12)13;3*2-1-3/h2H,1,3-10H2,(H,12,13);3*2H. The molecule has 0 aliphatic heterocycles. The molecule has 0 fully saturated rings. The Labute approximate surface area is 129 Å². The summed E-state index contributed by atoms with van der Waals surface area (Å²) in [5.41, 5.74) is 0. The Balaban J connectivity index is -0.000000148. The van der Waals surface area contributed by atoms with Gasteiger partial charge < -0.3 is 5.11 Å². The highest BCUT2D eigenvalue weighted by atomic mass is 16.4. The van der Waals surface area contributed by atoms with Crippen molar-refractivity contribution in [2.45, 2.75) is 51.4 Å². The molecule has 22 heavy (non-hydrogen) atoms. The zero-order valence-electron chi connectivity index (χ0n) is 12.5. The van der Waals surface area contributed by atoms with Gasteiger partial charge in [-0.25, -0.2) is 30.6 Å². The Kier molecular flexibility index (Phi) is 45.5. The van der Waals surface area contributed by atoms with E-state index in [4.69, 9.17) is 35.7 Å². The first kappa shape index (κ1) is 27.7. The number of allylic oxidation sites excluding steroid dienone is 1. The zero-order chi connectivity index (χ0) is 18.1. The van der Waals surface area contributed by atoms with Gasteiger partial charge in [0.25, 0.3) is 0 Å². The highest BCUT2D eigenvalue weighted by molar-refractivity contribution is 5.66. The van der Waals surface area contributed by atoms with E-state index in [-0.39, 0.29) is 0 Å². The summed E-state index contributed by atoms with van der Waals surface area (Å²) in [7, 11) is 0. The molecule has 0 saturated heterocycles. The summed E-state index contributed by atoms with van der Waals surface area (Å²) in [5, 5.41) is 24.6. The van der Waals surface area contributed by atoms with Gasteiger partial charge in [-0.2, -0.15) is 0 Å². The quantitative estimate of drug-likeness (QED) is 0.222. The average molecular weight is 313 g/mol. The molecule has 0 heterocycles.